The average molecular weight is 543 g/mol. The summed E-state index contributed by atoms with van der Waals surface area (Å²) in [4.78, 5) is 17.1. The number of ether oxygens (including phenoxy) is 3. The Hall–Kier alpha value is -3.01. The van der Waals surface area contributed by atoms with E-state index < -0.39 is 10.0 Å². The Morgan fingerprint density at radius 3 is 2.18 bits per heavy atom. The highest BCUT2D eigenvalue weighted by molar-refractivity contribution is 7.88. The zero-order chi connectivity index (χ0) is 27.1. The molecule has 2 saturated heterocycles. The van der Waals surface area contributed by atoms with Gasteiger partial charge in [-0.1, -0.05) is 0 Å². The van der Waals surface area contributed by atoms with Gasteiger partial charge in [0.1, 0.15) is 18.1 Å². The Kier molecular flexibility index (Phi) is 9.35. The lowest BCUT2D eigenvalue weighted by Gasteiger charge is -2.46. The monoisotopic (exact) mass is 542 g/mol. The van der Waals surface area contributed by atoms with Gasteiger partial charge in [-0.25, -0.2) is 8.42 Å². The summed E-state index contributed by atoms with van der Waals surface area (Å²) < 4.78 is 43.1. The molecule has 2 aromatic rings. The number of morpholine rings is 2. The number of carbonyl (C=O) groups is 1. The molecule has 4 rings (SSSR count). The first kappa shape index (κ1) is 28.0. The highest BCUT2D eigenvalue weighted by Crippen LogP contribution is 2.20. The molecular weight excluding hydrogens is 508 g/mol. The molecule has 2 atom stereocenters. The van der Waals surface area contributed by atoms with E-state index in [2.05, 4.69) is 15.9 Å². The lowest BCUT2D eigenvalue weighted by Crippen LogP contribution is -2.60. The van der Waals surface area contributed by atoms with Crippen LogP contribution in [0.25, 0.3) is 0 Å². The fourth-order valence-corrected chi connectivity index (χ4v) is 5.65. The fraction of sp³-hybridized carbons (Fsp3) is 0.481. The van der Waals surface area contributed by atoms with E-state index in [1.807, 2.05) is 0 Å². The van der Waals surface area contributed by atoms with Crippen LogP contribution >= 0.6 is 0 Å². The standard InChI is InChI=1S/C27H34N4O6S/c1-35-23-9-5-22(6-10-23)27(32)20-30-18-25-16-29(17-26(19-30)37-25)11-12-31(38(2,33)34)13-14-36-24-7-3-21(15-28)4-8-24/h3-10,25-26H,11-14,16-20H2,1-2H3. The molecule has 0 aliphatic carbocycles. The van der Waals surface area contributed by atoms with Crippen LogP contribution in [0.5, 0.6) is 11.5 Å². The van der Waals surface area contributed by atoms with Crippen molar-refractivity contribution in [2.75, 3.05) is 72.3 Å². The Bertz CT molecular complexity index is 1220. The third-order valence-corrected chi connectivity index (χ3v) is 8.04. The molecule has 2 aliphatic rings. The molecule has 11 heteroatoms. The van der Waals surface area contributed by atoms with Gasteiger partial charge in [0.25, 0.3) is 0 Å². The van der Waals surface area contributed by atoms with Crippen LogP contribution < -0.4 is 9.47 Å². The predicted molar refractivity (Wildman–Crippen MR) is 142 cm³/mol. The van der Waals surface area contributed by atoms with E-state index >= 15 is 0 Å². The molecule has 0 saturated carbocycles. The van der Waals surface area contributed by atoms with Crippen LogP contribution in [0.15, 0.2) is 48.5 Å². The molecule has 0 amide bonds. The van der Waals surface area contributed by atoms with Gasteiger partial charge in [-0.05, 0) is 48.5 Å². The van der Waals surface area contributed by atoms with Crippen LogP contribution in [0.2, 0.25) is 0 Å². The minimum absolute atomic E-state index is 0.0300. The van der Waals surface area contributed by atoms with E-state index in [4.69, 9.17) is 19.5 Å². The number of fused-ring (bicyclic) bond motifs is 2. The second-order valence-corrected chi connectivity index (χ2v) is 11.6. The Labute approximate surface area is 224 Å². The largest absolute Gasteiger partial charge is 0.497 e. The second-order valence-electron chi connectivity index (χ2n) is 9.63. The van der Waals surface area contributed by atoms with E-state index in [-0.39, 0.29) is 31.1 Å². The molecule has 2 aromatic carbocycles. The van der Waals surface area contributed by atoms with Crippen molar-refractivity contribution in [1.29, 1.82) is 5.26 Å². The molecule has 2 heterocycles. The minimum atomic E-state index is -3.40. The van der Waals surface area contributed by atoms with Gasteiger partial charge in [0.2, 0.25) is 10.0 Å². The molecule has 38 heavy (non-hydrogen) atoms. The van der Waals surface area contributed by atoms with Crippen molar-refractivity contribution in [3.63, 3.8) is 0 Å². The third-order valence-electron chi connectivity index (χ3n) is 6.74. The van der Waals surface area contributed by atoms with Crippen molar-refractivity contribution in [2.24, 2.45) is 0 Å². The van der Waals surface area contributed by atoms with E-state index in [0.717, 1.165) is 5.75 Å². The van der Waals surface area contributed by atoms with Crippen LogP contribution in [0.1, 0.15) is 15.9 Å². The van der Waals surface area contributed by atoms with Crippen LogP contribution in [-0.4, -0.2) is 113 Å². The summed E-state index contributed by atoms with van der Waals surface area (Å²) in [6, 6.07) is 15.9. The number of nitrogens with zero attached hydrogens (tertiary/aromatic N) is 4. The fourth-order valence-electron chi connectivity index (χ4n) is 4.83. The van der Waals surface area contributed by atoms with Crippen LogP contribution in [0, 0.1) is 11.3 Å². The van der Waals surface area contributed by atoms with Crippen molar-refractivity contribution in [2.45, 2.75) is 12.2 Å². The molecule has 2 aliphatic heterocycles. The zero-order valence-electron chi connectivity index (χ0n) is 21.8. The van der Waals surface area contributed by atoms with Gasteiger partial charge in [-0.3, -0.25) is 14.6 Å². The topological polar surface area (TPSA) is 112 Å². The molecule has 2 bridgehead atoms. The van der Waals surface area contributed by atoms with Gasteiger partial charge >= 0.3 is 0 Å². The normalized spacial score (nSPS) is 20.2. The number of rotatable bonds is 12. The number of sulfonamides is 1. The smallest absolute Gasteiger partial charge is 0.211 e. The van der Waals surface area contributed by atoms with Crippen molar-refractivity contribution < 1.29 is 27.4 Å². The van der Waals surface area contributed by atoms with Crippen molar-refractivity contribution in [1.82, 2.24) is 14.1 Å². The van der Waals surface area contributed by atoms with Gasteiger partial charge in [0, 0.05) is 51.4 Å². The first-order chi connectivity index (χ1) is 18.2. The second kappa shape index (κ2) is 12.7. The van der Waals surface area contributed by atoms with E-state index in [1.54, 1.807) is 55.6 Å². The lowest BCUT2D eigenvalue weighted by molar-refractivity contribution is -0.136. The maximum absolute atomic E-state index is 12.8. The number of nitriles is 1. The maximum Gasteiger partial charge on any atom is 0.211 e. The number of hydrogen-bond acceptors (Lipinski definition) is 9. The van der Waals surface area contributed by atoms with Gasteiger partial charge in [-0.2, -0.15) is 9.57 Å². The van der Waals surface area contributed by atoms with Crippen molar-refractivity contribution in [3.05, 3.63) is 59.7 Å². The summed E-state index contributed by atoms with van der Waals surface area (Å²) >= 11 is 0. The van der Waals surface area contributed by atoms with Crippen LogP contribution in [-0.2, 0) is 14.8 Å². The van der Waals surface area contributed by atoms with Gasteiger partial charge in [0.05, 0.1) is 43.8 Å². The van der Waals surface area contributed by atoms with Crippen molar-refractivity contribution in [3.8, 4) is 17.6 Å². The summed E-state index contributed by atoms with van der Waals surface area (Å²) in [5, 5.41) is 8.90. The molecule has 0 N–H and O–H groups in total. The van der Waals surface area contributed by atoms with Crippen LogP contribution in [0.4, 0.5) is 0 Å². The molecule has 10 nitrogen and oxygen atoms in total. The van der Waals surface area contributed by atoms with Crippen molar-refractivity contribution >= 4 is 15.8 Å². The van der Waals surface area contributed by atoms with Gasteiger partial charge in [-0.15, -0.1) is 0 Å². The maximum atomic E-state index is 12.8. The number of hydrogen-bond donors (Lipinski definition) is 0. The highest BCUT2D eigenvalue weighted by atomic mass is 32.2. The molecule has 0 aromatic heterocycles. The zero-order valence-corrected chi connectivity index (χ0v) is 22.6. The Balaban J connectivity index is 1.24. The summed E-state index contributed by atoms with van der Waals surface area (Å²) in [5.41, 5.74) is 1.20. The Morgan fingerprint density at radius 1 is 1.00 bits per heavy atom. The Morgan fingerprint density at radius 2 is 1.61 bits per heavy atom. The average Bonchev–Trinajstić information content (AvgIpc) is 2.89. The molecule has 0 spiro atoms. The SMILES string of the molecule is COc1ccc(C(=O)CN2CC3CN(CCN(CCOc4ccc(C#N)cc4)S(C)(=O)=O)CC(C2)O3)cc1. The van der Waals surface area contributed by atoms with Gasteiger partial charge in [0.15, 0.2) is 5.78 Å². The number of benzene rings is 2. The molecule has 2 unspecified atom stereocenters. The lowest BCUT2D eigenvalue weighted by atomic mass is 10.1. The molecule has 2 fully saturated rings. The summed E-state index contributed by atoms with van der Waals surface area (Å²) in [6.45, 7) is 4.41. The quantitative estimate of drug-likeness (QED) is 0.368. The number of methoxy groups -OCH3 is 1. The molecule has 204 valence electrons. The first-order valence-electron chi connectivity index (χ1n) is 12.6. The predicted octanol–water partition coefficient (Wildman–Crippen LogP) is 1.48. The molecule has 0 radical (unpaired) electrons. The van der Waals surface area contributed by atoms with E-state index in [0.29, 0.717) is 62.7 Å². The first-order valence-corrected chi connectivity index (χ1v) is 14.4. The summed E-state index contributed by atoms with van der Waals surface area (Å²) in [6.07, 6.45) is 1.15. The number of ketones is 1. The highest BCUT2D eigenvalue weighted by Gasteiger charge is 2.35. The summed E-state index contributed by atoms with van der Waals surface area (Å²) in [7, 11) is -1.81. The molecular formula is C27H34N4O6S. The number of carbonyl (C=O) groups excluding carboxylic acids is 1. The van der Waals surface area contributed by atoms with E-state index in [9.17, 15) is 13.2 Å². The van der Waals surface area contributed by atoms with Crippen LogP contribution in [0.3, 0.4) is 0 Å². The minimum Gasteiger partial charge on any atom is -0.497 e. The van der Waals surface area contributed by atoms with Gasteiger partial charge < -0.3 is 14.2 Å². The summed E-state index contributed by atoms with van der Waals surface area (Å²) in [5.74, 6) is 1.38. The third kappa shape index (κ3) is 7.75. The number of Topliss-reactive ketones (excluding diaryl/α,β-unsaturated/α-hetero) is 1. The van der Waals surface area contributed by atoms with E-state index in [1.165, 1.54) is 10.6 Å².